The number of halogens is 1. The Balaban J connectivity index is 2.85. The SMILES string of the molecule is C=C(CC)CC(O)c1cc(C)ccc1Br. The molecule has 0 fully saturated rings. The molecule has 1 atom stereocenters. The molecule has 1 rings (SSSR count). The summed E-state index contributed by atoms with van der Waals surface area (Å²) in [6, 6.07) is 6.01. The molecule has 1 aromatic rings. The van der Waals surface area contributed by atoms with E-state index in [2.05, 4.69) is 29.4 Å². The zero-order valence-electron chi connectivity index (χ0n) is 9.26. The average molecular weight is 269 g/mol. The van der Waals surface area contributed by atoms with Crippen molar-refractivity contribution in [3.8, 4) is 0 Å². The Morgan fingerprint density at radius 2 is 2.20 bits per heavy atom. The number of rotatable bonds is 4. The maximum absolute atomic E-state index is 10.0. The van der Waals surface area contributed by atoms with Crippen molar-refractivity contribution in [1.82, 2.24) is 0 Å². The first-order chi connectivity index (χ1) is 7.04. The molecule has 1 unspecified atom stereocenters. The Labute approximate surface area is 100.0 Å². The van der Waals surface area contributed by atoms with E-state index >= 15 is 0 Å². The van der Waals surface area contributed by atoms with Crippen molar-refractivity contribution in [2.75, 3.05) is 0 Å². The van der Waals surface area contributed by atoms with Crippen LogP contribution in [0.25, 0.3) is 0 Å². The first kappa shape index (κ1) is 12.5. The van der Waals surface area contributed by atoms with Crippen molar-refractivity contribution in [2.45, 2.75) is 32.8 Å². The summed E-state index contributed by atoms with van der Waals surface area (Å²) in [5.74, 6) is 0. The molecule has 2 heteroatoms. The van der Waals surface area contributed by atoms with Gasteiger partial charge in [0.25, 0.3) is 0 Å². The fraction of sp³-hybridized carbons (Fsp3) is 0.385. The Hall–Kier alpha value is -0.600. The van der Waals surface area contributed by atoms with Crippen LogP contribution in [0.15, 0.2) is 34.8 Å². The van der Waals surface area contributed by atoms with E-state index in [9.17, 15) is 5.11 Å². The van der Waals surface area contributed by atoms with Gasteiger partial charge in [-0.05, 0) is 31.4 Å². The van der Waals surface area contributed by atoms with E-state index in [0.717, 1.165) is 27.6 Å². The summed E-state index contributed by atoms with van der Waals surface area (Å²) < 4.78 is 0.963. The first-order valence-corrected chi connectivity index (χ1v) is 5.94. The fourth-order valence-electron chi connectivity index (χ4n) is 1.45. The lowest BCUT2D eigenvalue weighted by atomic mass is 10.00. The number of aryl methyl sites for hydroxylation is 1. The van der Waals surface area contributed by atoms with Gasteiger partial charge in [0.15, 0.2) is 0 Å². The fourth-order valence-corrected chi connectivity index (χ4v) is 1.96. The Kier molecular flexibility index (Phi) is 4.55. The second-order valence-electron chi connectivity index (χ2n) is 3.85. The van der Waals surface area contributed by atoms with Gasteiger partial charge in [-0.15, -0.1) is 0 Å². The van der Waals surface area contributed by atoms with Gasteiger partial charge in [0.05, 0.1) is 6.10 Å². The summed E-state index contributed by atoms with van der Waals surface area (Å²) in [6.45, 7) is 8.00. The standard InChI is InChI=1S/C13H17BrO/c1-4-9(2)8-13(15)11-7-10(3)5-6-12(11)14/h5-7,13,15H,2,4,8H2,1,3H3. The Bertz CT molecular complexity index is 358. The van der Waals surface area contributed by atoms with Crippen LogP contribution in [0.4, 0.5) is 0 Å². The second-order valence-corrected chi connectivity index (χ2v) is 4.70. The van der Waals surface area contributed by atoms with E-state index in [-0.39, 0.29) is 0 Å². The van der Waals surface area contributed by atoms with Crippen LogP contribution in [0.5, 0.6) is 0 Å². The van der Waals surface area contributed by atoms with Crippen LogP contribution in [0.1, 0.15) is 37.0 Å². The van der Waals surface area contributed by atoms with Gasteiger partial charge in [-0.3, -0.25) is 0 Å². The Morgan fingerprint density at radius 1 is 1.53 bits per heavy atom. The average Bonchev–Trinajstić information content (AvgIpc) is 2.21. The van der Waals surface area contributed by atoms with Gasteiger partial charge < -0.3 is 5.11 Å². The highest BCUT2D eigenvalue weighted by Crippen LogP contribution is 2.28. The van der Waals surface area contributed by atoms with Crippen LogP contribution in [-0.2, 0) is 0 Å². The molecule has 0 heterocycles. The van der Waals surface area contributed by atoms with E-state index in [4.69, 9.17) is 0 Å². The quantitative estimate of drug-likeness (QED) is 0.814. The molecule has 0 aliphatic heterocycles. The van der Waals surface area contributed by atoms with Gasteiger partial charge in [0, 0.05) is 4.47 Å². The molecule has 1 nitrogen and oxygen atoms in total. The molecular formula is C13H17BrO. The van der Waals surface area contributed by atoms with Crippen LogP contribution in [0.3, 0.4) is 0 Å². The third kappa shape index (κ3) is 3.47. The molecule has 0 aromatic heterocycles. The molecule has 0 saturated carbocycles. The van der Waals surface area contributed by atoms with Gasteiger partial charge in [-0.25, -0.2) is 0 Å². The van der Waals surface area contributed by atoms with Gasteiger partial charge in [0.1, 0.15) is 0 Å². The summed E-state index contributed by atoms with van der Waals surface area (Å²) >= 11 is 3.45. The monoisotopic (exact) mass is 268 g/mol. The maximum Gasteiger partial charge on any atom is 0.0838 e. The predicted octanol–water partition coefficient (Wildman–Crippen LogP) is 4.15. The van der Waals surface area contributed by atoms with Gasteiger partial charge >= 0.3 is 0 Å². The molecule has 0 radical (unpaired) electrons. The van der Waals surface area contributed by atoms with Crippen molar-refractivity contribution in [1.29, 1.82) is 0 Å². The van der Waals surface area contributed by atoms with E-state index in [1.54, 1.807) is 0 Å². The zero-order chi connectivity index (χ0) is 11.4. The number of hydrogen-bond acceptors (Lipinski definition) is 1. The topological polar surface area (TPSA) is 20.2 Å². The summed E-state index contributed by atoms with van der Waals surface area (Å²) in [5.41, 5.74) is 3.19. The molecule has 0 saturated heterocycles. The van der Waals surface area contributed by atoms with E-state index < -0.39 is 6.10 Å². The smallest absolute Gasteiger partial charge is 0.0838 e. The molecule has 1 aromatic carbocycles. The van der Waals surface area contributed by atoms with Crippen molar-refractivity contribution >= 4 is 15.9 Å². The highest BCUT2D eigenvalue weighted by Gasteiger charge is 2.12. The molecular weight excluding hydrogens is 252 g/mol. The number of hydrogen-bond donors (Lipinski definition) is 1. The van der Waals surface area contributed by atoms with Crippen molar-refractivity contribution in [3.05, 3.63) is 46.0 Å². The molecule has 0 amide bonds. The Morgan fingerprint density at radius 3 is 2.80 bits per heavy atom. The zero-order valence-corrected chi connectivity index (χ0v) is 10.8. The third-order valence-corrected chi connectivity index (χ3v) is 3.21. The second kappa shape index (κ2) is 5.47. The minimum absolute atomic E-state index is 0.452. The summed E-state index contributed by atoms with van der Waals surface area (Å²) in [7, 11) is 0. The number of aliphatic hydroxyl groups is 1. The maximum atomic E-state index is 10.0. The molecule has 1 N–H and O–H groups in total. The highest BCUT2D eigenvalue weighted by molar-refractivity contribution is 9.10. The lowest BCUT2D eigenvalue weighted by Gasteiger charge is -2.14. The van der Waals surface area contributed by atoms with E-state index in [1.165, 1.54) is 0 Å². The molecule has 15 heavy (non-hydrogen) atoms. The van der Waals surface area contributed by atoms with Crippen molar-refractivity contribution in [3.63, 3.8) is 0 Å². The number of benzene rings is 1. The summed E-state index contributed by atoms with van der Waals surface area (Å²) in [4.78, 5) is 0. The minimum atomic E-state index is -0.452. The van der Waals surface area contributed by atoms with Crippen LogP contribution >= 0.6 is 15.9 Å². The van der Waals surface area contributed by atoms with E-state index in [1.807, 2.05) is 25.1 Å². The van der Waals surface area contributed by atoms with Crippen molar-refractivity contribution < 1.29 is 5.11 Å². The van der Waals surface area contributed by atoms with Crippen LogP contribution in [0.2, 0.25) is 0 Å². The molecule has 0 aliphatic carbocycles. The van der Waals surface area contributed by atoms with Gasteiger partial charge in [0.2, 0.25) is 0 Å². The largest absolute Gasteiger partial charge is 0.388 e. The lowest BCUT2D eigenvalue weighted by molar-refractivity contribution is 0.176. The summed E-state index contributed by atoms with van der Waals surface area (Å²) in [6.07, 6.45) is 1.10. The minimum Gasteiger partial charge on any atom is -0.388 e. The molecule has 0 aliphatic rings. The third-order valence-electron chi connectivity index (χ3n) is 2.49. The van der Waals surface area contributed by atoms with Gasteiger partial charge in [-0.2, -0.15) is 0 Å². The molecule has 82 valence electrons. The van der Waals surface area contributed by atoms with E-state index in [0.29, 0.717) is 6.42 Å². The number of aliphatic hydroxyl groups excluding tert-OH is 1. The lowest BCUT2D eigenvalue weighted by Crippen LogP contribution is -2.00. The predicted molar refractivity (Wildman–Crippen MR) is 67.9 cm³/mol. The van der Waals surface area contributed by atoms with Crippen molar-refractivity contribution in [2.24, 2.45) is 0 Å². The van der Waals surface area contributed by atoms with Crippen LogP contribution in [-0.4, -0.2) is 5.11 Å². The summed E-state index contributed by atoms with van der Waals surface area (Å²) in [5, 5.41) is 10.0. The molecule has 0 spiro atoms. The van der Waals surface area contributed by atoms with Crippen LogP contribution < -0.4 is 0 Å². The van der Waals surface area contributed by atoms with Gasteiger partial charge in [-0.1, -0.05) is 52.7 Å². The highest BCUT2D eigenvalue weighted by atomic mass is 79.9. The first-order valence-electron chi connectivity index (χ1n) is 5.15. The normalized spacial score (nSPS) is 12.5. The molecule has 0 bridgehead atoms. The van der Waals surface area contributed by atoms with Crippen LogP contribution in [0, 0.1) is 6.92 Å².